The minimum atomic E-state index is -0.727. The van der Waals surface area contributed by atoms with Crippen LogP contribution in [0.4, 0.5) is 6.01 Å². The van der Waals surface area contributed by atoms with Gasteiger partial charge in [0, 0.05) is 12.6 Å². The molecule has 0 unspecified atom stereocenters. The Morgan fingerprint density at radius 3 is 2.82 bits per heavy atom. The van der Waals surface area contributed by atoms with Gasteiger partial charge in [-0.1, -0.05) is 13.8 Å². The van der Waals surface area contributed by atoms with Crippen molar-refractivity contribution in [2.24, 2.45) is 11.8 Å². The van der Waals surface area contributed by atoms with E-state index in [4.69, 9.17) is 4.42 Å². The number of carboxylic acids is 1. The van der Waals surface area contributed by atoms with Crippen LogP contribution < -0.4 is 4.90 Å². The Balaban J connectivity index is 2.26. The molecule has 17 heavy (non-hydrogen) atoms. The Hall–Kier alpha value is -1.52. The molecule has 1 aromatic heterocycles. The highest BCUT2D eigenvalue weighted by Crippen LogP contribution is 2.33. The van der Waals surface area contributed by atoms with Gasteiger partial charge < -0.3 is 14.4 Å². The second-order valence-electron chi connectivity index (χ2n) is 4.91. The van der Waals surface area contributed by atoms with Gasteiger partial charge in [0.15, 0.2) is 0 Å². The highest BCUT2D eigenvalue weighted by molar-refractivity contribution is 5.72. The number of carbonyl (C=O) groups is 1. The summed E-state index contributed by atoms with van der Waals surface area (Å²) in [6.07, 6.45) is 2.32. The third kappa shape index (κ3) is 2.14. The molecule has 1 aliphatic heterocycles. The molecule has 2 heterocycles. The molecule has 0 saturated carbocycles. The van der Waals surface area contributed by atoms with E-state index < -0.39 is 5.97 Å². The van der Waals surface area contributed by atoms with E-state index in [1.807, 2.05) is 25.7 Å². The quantitative estimate of drug-likeness (QED) is 0.871. The lowest BCUT2D eigenvalue weighted by Crippen LogP contribution is -2.39. The number of rotatable bonds is 3. The molecule has 0 bridgehead atoms. The summed E-state index contributed by atoms with van der Waals surface area (Å²) in [6, 6.07) is 0.510. The van der Waals surface area contributed by atoms with E-state index in [2.05, 4.69) is 4.98 Å². The Bertz CT molecular complexity index is 414. The predicted octanol–water partition coefficient (Wildman–Crippen LogP) is 1.92. The molecule has 0 aliphatic carbocycles. The van der Waals surface area contributed by atoms with E-state index in [0.717, 1.165) is 5.76 Å². The molecule has 1 saturated heterocycles. The Labute approximate surface area is 100 Å². The monoisotopic (exact) mass is 238 g/mol. The van der Waals surface area contributed by atoms with Crippen LogP contribution in [-0.4, -0.2) is 28.6 Å². The summed E-state index contributed by atoms with van der Waals surface area (Å²) in [5.74, 6) is -0.0521. The molecule has 0 spiro atoms. The molecule has 1 aromatic rings. The van der Waals surface area contributed by atoms with Crippen LogP contribution in [0.25, 0.3) is 0 Å². The lowest BCUT2D eigenvalue weighted by Gasteiger charge is -2.28. The maximum Gasteiger partial charge on any atom is 0.308 e. The largest absolute Gasteiger partial charge is 0.481 e. The summed E-state index contributed by atoms with van der Waals surface area (Å²) in [6.45, 7) is 6.61. The third-order valence-electron chi connectivity index (χ3n) is 3.31. The maximum atomic E-state index is 11.2. The topological polar surface area (TPSA) is 66.6 Å². The smallest absolute Gasteiger partial charge is 0.308 e. The van der Waals surface area contributed by atoms with Crippen molar-refractivity contribution >= 4 is 12.0 Å². The van der Waals surface area contributed by atoms with E-state index in [9.17, 15) is 9.90 Å². The number of aryl methyl sites for hydroxylation is 1. The summed E-state index contributed by atoms with van der Waals surface area (Å²) >= 11 is 0. The van der Waals surface area contributed by atoms with Gasteiger partial charge in [0.25, 0.3) is 6.01 Å². The number of hydrogen-bond acceptors (Lipinski definition) is 4. The van der Waals surface area contributed by atoms with Gasteiger partial charge in [0.1, 0.15) is 5.76 Å². The maximum absolute atomic E-state index is 11.2. The first-order valence-corrected chi connectivity index (χ1v) is 5.92. The first-order chi connectivity index (χ1) is 8.00. The van der Waals surface area contributed by atoms with E-state index in [-0.39, 0.29) is 17.9 Å². The minimum absolute atomic E-state index is 0.0365. The molecule has 0 aromatic carbocycles. The van der Waals surface area contributed by atoms with Crippen LogP contribution in [0.15, 0.2) is 10.6 Å². The molecule has 1 fully saturated rings. The summed E-state index contributed by atoms with van der Waals surface area (Å²) in [4.78, 5) is 17.4. The molecule has 0 radical (unpaired) electrons. The van der Waals surface area contributed by atoms with Gasteiger partial charge in [0.05, 0.1) is 12.1 Å². The van der Waals surface area contributed by atoms with Crippen LogP contribution in [0.5, 0.6) is 0 Å². The molecular weight excluding hydrogens is 220 g/mol. The molecule has 2 atom stereocenters. The van der Waals surface area contributed by atoms with Crippen molar-refractivity contribution in [2.75, 3.05) is 11.4 Å². The zero-order valence-electron chi connectivity index (χ0n) is 10.4. The number of hydrogen-bond donors (Lipinski definition) is 1. The van der Waals surface area contributed by atoms with Crippen LogP contribution in [0, 0.1) is 18.8 Å². The van der Waals surface area contributed by atoms with Crippen molar-refractivity contribution in [2.45, 2.75) is 33.2 Å². The van der Waals surface area contributed by atoms with Gasteiger partial charge >= 0.3 is 5.97 Å². The first kappa shape index (κ1) is 12.0. The number of anilines is 1. The predicted molar refractivity (Wildman–Crippen MR) is 63.0 cm³/mol. The average molecular weight is 238 g/mol. The lowest BCUT2D eigenvalue weighted by molar-refractivity contribution is -0.142. The second-order valence-corrected chi connectivity index (χ2v) is 4.91. The van der Waals surface area contributed by atoms with Gasteiger partial charge in [-0.3, -0.25) is 4.79 Å². The van der Waals surface area contributed by atoms with Crippen molar-refractivity contribution in [3.05, 3.63) is 12.0 Å². The van der Waals surface area contributed by atoms with Gasteiger partial charge in [-0.05, 0) is 19.3 Å². The number of aliphatic carboxylic acids is 1. The van der Waals surface area contributed by atoms with E-state index in [1.54, 1.807) is 6.20 Å². The highest BCUT2D eigenvalue weighted by Gasteiger charge is 2.42. The van der Waals surface area contributed by atoms with Gasteiger partial charge in [-0.15, -0.1) is 0 Å². The van der Waals surface area contributed by atoms with Crippen molar-refractivity contribution < 1.29 is 14.3 Å². The third-order valence-corrected chi connectivity index (χ3v) is 3.31. The van der Waals surface area contributed by atoms with Crippen LogP contribution in [0.3, 0.4) is 0 Å². The van der Waals surface area contributed by atoms with Gasteiger partial charge in [-0.25, -0.2) is 4.98 Å². The summed E-state index contributed by atoms with van der Waals surface area (Å²) in [5.41, 5.74) is 0. The zero-order chi connectivity index (χ0) is 12.6. The highest BCUT2D eigenvalue weighted by atomic mass is 16.4. The Kier molecular flexibility index (Phi) is 3.09. The fourth-order valence-electron chi connectivity index (χ4n) is 2.61. The number of carboxylic acid groups (broad SMARTS) is 1. The minimum Gasteiger partial charge on any atom is -0.481 e. The van der Waals surface area contributed by atoms with E-state index in [0.29, 0.717) is 19.0 Å². The molecule has 5 heteroatoms. The van der Waals surface area contributed by atoms with Gasteiger partial charge in [0.2, 0.25) is 0 Å². The molecule has 1 aliphatic rings. The van der Waals surface area contributed by atoms with Crippen molar-refractivity contribution in [3.8, 4) is 0 Å². The molecule has 0 amide bonds. The Morgan fingerprint density at radius 1 is 1.65 bits per heavy atom. The fourth-order valence-corrected chi connectivity index (χ4v) is 2.61. The van der Waals surface area contributed by atoms with Gasteiger partial charge in [-0.2, -0.15) is 0 Å². The number of nitrogens with zero attached hydrogens (tertiary/aromatic N) is 2. The molecule has 1 N–H and O–H groups in total. The van der Waals surface area contributed by atoms with Crippen molar-refractivity contribution in [1.82, 2.24) is 4.98 Å². The standard InChI is InChI=1S/C12H18N2O3/c1-7(2)10-9(11(15)16)4-5-14(10)12-13-6-8(3)17-12/h6-7,9-10H,4-5H2,1-3H3,(H,15,16)/t9-,10+/m0/s1. The Morgan fingerprint density at radius 2 is 2.35 bits per heavy atom. The molecule has 2 rings (SSSR count). The van der Waals surface area contributed by atoms with Crippen LogP contribution >= 0.6 is 0 Å². The summed E-state index contributed by atoms with van der Waals surface area (Å²) in [5, 5.41) is 9.22. The average Bonchev–Trinajstić information content (AvgIpc) is 2.82. The fraction of sp³-hybridized carbons (Fsp3) is 0.667. The van der Waals surface area contributed by atoms with Crippen molar-refractivity contribution in [3.63, 3.8) is 0 Å². The normalized spacial score (nSPS) is 24.6. The van der Waals surface area contributed by atoms with E-state index in [1.165, 1.54) is 0 Å². The molecule has 5 nitrogen and oxygen atoms in total. The van der Waals surface area contributed by atoms with Crippen LogP contribution in [0.1, 0.15) is 26.0 Å². The molecular formula is C12H18N2O3. The van der Waals surface area contributed by atoms with Crippen LogP contribution in [-0.2, 0) is 4.79 Å². The molecule has 94 valence electrons. The van der Waals surface area contributed by atoms with Crippen molar-refractivity contribution in [1.29, 1.82) is 0 Å². The SMILES string of the molecule is Cc1cnc(N2CC[C@H](C(=O)O)[C@H]2C(C)C)o1. The lowest BCUT2D eigenvalue weighted by atomic mass is 9.91. The van der Waals surface area contributed by atoms with E-state index >= 15 is 0 Å². The summed E-state index contributed by atoms with van der Waals surface area (Å²) < 4.78 is 5.50. The zero-order valence-corrected chi connectivity index (χ0v) is 10.4. The van der Waals surface area contributed by atoms with Crippen LogP contribution in [0.2, 0.25) is 0 Å². The number of aromatic nitrogens is 1. The summed E-state index contributed by atoms with van der Waals surface area (Å²) in [7, 11) is 0. The first-order valence-electron chi connectivity index (χ1n) is 5.92. The second kappa shape index (κ2) is 4.39. The number of oxazole rings is 1.